The number of halogens is 1. The molecule has 1 aromatic carbocycles. The monoisotopic (exact) mass is 254 g/mol. The predicted octanol–water partition coefficient (Wildman–Crippen LogP) is 2.52. The zero-order chi connectivity index (χ0) is 11.5. The number of rotatable bonds is 2. The molecule has 0 spiro atoms. The lowest BCUT2D eigenvalue weighted by molar-refractivity contribution is 0.199. The fourth-order valence-corrected chi connectivity index (χ4v) is 2.32. The van der Waals surface area contributed by atoms with Gasteiger partial charge < -0.3 is 5.32 Å². The van der Waals surface area contributed by atoms with Crippen molar-refractivity contribution >= 4 is 12.4 Å². The third-order valence-electron chi connectivity index (χ3n) is 3.43. The number of nitrogens with one attached hydrogen (secondary N) is 1. The van der Waals surface area contributed by atoms with Crippen LogP contribution < -0.4 is 5.32 Å². The lowest BCUT2D eigenvalue weighted by Crippen LogP contribution is -2.48. The van der Waals surface area contributed by atoms with Gasteiger partial charge >= 0.3 is 0 Å². The summed E-state index contributed by atoms with van der Waals surface area (Å²) >= 11 is 0. The average molecular weight is 255 g/mol. The Kier molecular flexibility index (Phi) is 5.44. The van der Waals surface area contributed by atoms with Gasteiger partial charge in [0.2, 0.25) is 0 Å². The molecular formula is C14H23ClN2. The second-order valence-electron chi connectivity index (χ2n) is 5.01. The lowest BCUT2D eigenvalue weighted by atomic mass is 10.1. The maximum absolute atomic E-state index is 3.48. The van der Waals surface area contributed by atoms with Crippen LogP contribution in [0, 0.1) is 13.8 Å². The van der Waals surface area contributed by atoms with Crippen LogP contribution in [0.1, 0.15) is 23.6 Å². The van der Waals surface area contributed by atoms with E-state index in [2.05, 4.69) is 49.2 Å². The molecule has 1 aliphatic heterocycles. The number of benzene rings is 1. The molecule has 1 N–H and O–H groups in total. The van der Waals surface area contributed by atoms with E-state index in [4.69, 9.17) is 0 Å². The molecule has 0 amide bonds. The molecular weight excluding hydrogens is 232 g/mol. The first kappa shape index (κ1) is 14.5. The van der Waals surface area contributed by atoms with Crippen molar-refractivity contribution in [1.29, 1.82) is 0 Å². The van der Waals surface area contributed by atoms with Crippen molar-refractivity contribution in [2.75, 3.05) is 19.6 Å². The maximum atomic E-state index is 3.48. The van der Waals surface area contributed by atoms with Gasteiger partial charge in [0.05, 0.1) is 0 Å². The van der Waals surface area contributed by atoms with E-state index in [0.717, 1.165) is 26.2 Å². The molecule has 0 bridgehead atoms. The Morgan fingerprint density at radius 1 is 1.29 bits per heavy atom. The smallest absolute Gasteiger partial charge is 0.0235 e. The van der Waals surface area contributed by atoms with Gasteiger partial charge in [-0.15, -0.1) is 12.4 Å². The highest BCUT2D eigenvalue weighted by Crippen LogP contribution is 2.12. The van der Waals surface area contributed by atoms with Gasteiger partial charge in [0, 0.05) is 32.2 Å². The first-order valence-electron chi connectivity index (χ1n) is 6.17. The third-order valence-corrected chi connectivity index (χ3v) is 3.43. The molecule has 0 radical (unpaired) electrons. The first-order valence-corrected chi connectivity index (χ1v) is 6.17. The molecule has 1 unspecified atom stereocenters. The van der Waals surface area contributed by atoms with Gasteiger partial charge in [-0.1, -0.05) is 18.2 Å². The van der Waals surface area contributed by atoms with Gasteiger partial charge in [-0.25, -0.2) is 0 Å². The molecule has 0 aromatic heterocycles. The summed E-state index contributed by atoms with van der Waals surface area (Å²) in [5, 5.41) is 3.48. The summed E-state index contributed by atoms with van der Waals surface area (Å²) in [6.07, 6.45) is 0. The van der Waals surface area contributed by atoms with Crippen LogP contribution in [0.5, 0.6) is 0 Å². The van der Waals surface area contributed by atoms with Gasteiger partial charge in [0.25, 0.3) is 0 Å². The number of aryl methyl sites for hydroxylation is 2. The predicted molar refractivity (Wildman–Crippen MR) is 75.9 cm³/mol. The molecule has 0 aliphatic carbocycles. The molecule has 2 rings (SSSR count). The van der Waals surface area contributed by atoms with Crippen LogP contribution in [0.15, 0.2) is 18.2 Å². The Balaban J connectivity index is 0.00000144. The Morgan fingerprint density at radius 2 is 2.06 bits per heavy atom. The molecule has 1 atom stereocenters. The second-order valence-corrected chi connectivity index (χ2v) is 5.01. The molecule has 1 aliphatic rings. The van der Waals surface area contributed by atoms with Gasteiger partial charge in [0.15, 0.2) is 0 Å². The van der Waals surface area contributed by atoms with Gasteiger partial charge in [-0.05, 0) is 37.5 Å². The van der Waals surface area contributed by atoms with Crippen molar-refractivity contribution in [1.82, 2.24) is 10.2 Å². The van der Waals surface area contributed by atoms with E-state index < -0.39 is 0 Å². The molecule has 1 fully saturated rings. The largest absolute Gasteiger partial charge is 0.312 e. The van der Waals surface area contributed by atoms with Crippen molar-refractivity contribution < 1.29 is 0 Å². The first-order chi connectivity index (χ1) is 7.65. The Labute approximate surface area is 111 Å². The molecule has 1 saturated heterocycles. The van der Waals surface area contributed by atoms with E-state index in [1.807, 2.05) is 0 Å². The SMILES string of the molecule is Cc1ccc(CN2CCNC(C)C2)cc1C.Cl. The van der Waals surface area contributed by atoms with Crippen molar-refractivity contribution in [3.8, 4) is 0 Å². The van der Waals surface area contributed by atoms with Crippen molar-refractivity contribution in [3.05, 3.63) is 34.9 Å². The van der Waals surface area contributed by atoms with E-state index in [0.29, 0.717) is 6.04 Å². The molecule has 2 nitrogen and oxygen atoms in total. The molecule has 1 heterocycles. The minimum absolute atomic E-state index is 0. The minimum atomic E-state index is 0. The normalized spacial score (nSPS) is 21.0. The molecule has 1 aromatic rings. The Hall–Kier alpha value is -0.570. The number of nitrogens with zero attached hydrogens (tertiary/aromatic N) is 1. The Morgan fingerprint density at radius 3 is 2.71 bits per heavy atom. The second kappa shape index (κ2) is 6.39. The van der Waals surface area contributed by atoms with E-state index in [9.17, 15) is 0 Å². The van der Waals surface area contributed by atoms with Crippen LogP contribution in [-0.2, 0) is 6.54 Å². The van der Waals surface area contributed by atoms with E-state index in [1.165, 1.54) is 16.7 Å². The summed E-state index contributed by atoms with van der Waals surface area (Å²) in [5.41, 5.74) is 4.23. The van der Waals surface area contributed by atoms with Crippen LogP contribution in [0.3, 0.4) is 0 Å². The van der Waals surface area contributed by atoms with E-state index in [1.54, 1.807) is 0 Å². The highest BCUT2D eigenvalue weighted by molar-refractivity contribution is 5.85. The number of piperazine rings is 1. The maximum Gasteiger partial charge on any atom is 0.0235 e. The van der Waals surface area contributed by atoms with Crippen LogP contribution in [0.25, 0.3) is 0 Å². The van der Waals surface area contributed by atoms with Gasteiger partial charge in [0.1, 0.15) is 0 Å². The van der Waals surface area contributed by atoms with Crippen LogP contribution in [0.4, 0.5) is 0 Å². The fourth-order valence-electron chi connectivity index (χ4n) is 2.32. The number of hydrogen-bond donors (Lipinski definition) is 1. The van der Waals surface area contributed by atoms with Gasteiger partial charge in [-0.3, -0.25) is 4.90 Å². The van der Waals surface area contributed by atoms with Crippen LogP contribution in [-0.4, -0.2) is 30.6 Å². The molecule has 3 heteroatoms. The average Bonchev–Trinajstić information content (AvgIpc) is 2.24. The van der Waals surface area contributed by atoms with Crippen molar-refractivity contribution in [2.45, 2.75) is 33.4 Å². The van der Waals surface area contributed by atoms with E-state index in [-0.39, 0.29) is 12.4 Å². The summed E-state index contributed by atoms with van der Waals surface area (Å²) in [4.78, 5) is 2.53. The summed E-state index contributed by atoms with van der Waals surface area (Å²) in [7, 11) is 0. The van der Waals surface area contributed by atoms with E-state index >= 15 is 0 Å². The van der Waals surface area contributed by atoms with Crippen molar-refractivity contribution in [2.24, 2.45) is 0 Å². The molecule has 17 heavy (non-hydrogen) atoms. The fraction of sp³-hybridized carbons (Fsp3) is 0.571. The molecule has 96 valence electrons. The summed E-state index contributed by atoms with van der Waals surface area (Å²) in [5.74, 6) is 0. The summed E-state index contributed by atoms with van der Waals surface area (Å²) in [6.45, 7) is 11.2. The Bertz CT molecular complexity index is 365. The highest BCUT2D eigenvalue weighted by atomic mass is 35.5. The van der Waals surface area contributed by atoms with Crippen LogP contribution in [0.2, 0.25) is 0 Å². The molecule has 0 saturated carbocycles. The zero-order valence-electron chi connectivity index (χ0n) is 11.0. The van der Waals surface area contributed by atoms with Crippen molar-refractivity contribution in [3.63, 3.8) is 0 Å². The standard InChI is InChI=1S/C14H22N2.ClH/c1-11-4-5-14(8-12(11)2)10-16-7-6-15-13(3)9-16;/h4-5,8,13,15H,6-7,9-10H2,1-3H3;1H. The third kappa shape index (κ3) is 3.98. The van der Waals surface area contributed by atoms with Gasteiger partial charge in [-0.2, -0.15) is 0 Å². The highest BCUT2D eigenvalue weighted by Gasteiger charge is 2.15. The number of hydrogen-bond acceptors (Lipinski definition) is 2. The summed E-state index contributed by atoms with van der Waals surface area (Å²) in [6, 6.07) is 7.44. The zero-order valence-corrected chi connectivity index (χ0v) is 11.8. The topological polar surface area (TPSA) is 15.3 Å². The van der Waals surface area contributed by atoms with Crippen LogP contribution >= 0.6 is 12.4 Å². The quantitative estimate of drug-likeness (QED) is 0.873. The minimum Gasteiger partial charge on any atom is -0.312 e. The lowest BCUT2D eigenvalue weighted by Gasteiger charge is -2.31. The summed E-state index contributed by atoms with van der Waals surface area (Å²) < 4.78 is 0.